The highest BCUT2D eigenvalue weighted by Gasteiger charge is 2.39. The molecule has 3 amide bonds. The maximum atomic E-state index is 12.4. The van der Waals surface area contributed by atoms with Crippen LogP contribution in [-0.2, 0) is 19.2 Å². The summed E-state index contributed by atoms with van der Waals surface area (Å²) in [5, 5.41) is 23.4. The molecule has 0 aromatic rings. The molecule has 23 heavy (non-hydrogen) atoms. The van der Waals surface area contributed by atoms with Crippen LogP contribution in [0.4, 0.5) is 0 Å². The molecule has 1 aliphatic rings. The van der Waals surface area contributed by atoms with Gasteiger partial charge in [-0.25, -0.2) is 4.79 Å². The van der Waals surface area contributed by atoms with Crippen LogP contribution in [0.25, 0.3) is 0 Å². The molecule has 0 radical (unpaired) electrons. The molecule has 130 valence electrons. The number of hydrogen-bond acceptors (Lipinski definition) is 6. The van der Waals surface area contributed by atoms with Crippen molar-refractivity contribution in [2.75, 3.05) is 19.6 Å². The first-order valence-corrected chi connectivity index (χ1v) is 7.25. The van der Waals surface area contributed by atoms with E-state index in [0.29, 0.717) is 12.8 Å². The van der Waals surface area contributed by atoms with E-state index in [-0.39, 0.29) is 13.1 Å². The molecule has 3 unspecified atom stereocenters. The van der Waals surface area contributed by atoms with Gasteiger partial charge in [-0.15, -0.1) is 0 Å². The van der Waals surface area contributed by atoms with Gasteiger partial charge in [-0.1, -0.05) is 0 Å². The second-order valence-electron chi connectivity index (χ2n) is 5.29. The Hall–Kier alpha value is -2.20. The Bertz CT molecular complexity index is 481. The highest BCUT2D eigenvalue weighted by atomic mass is 16.4. The van der Waals surface area contributed by atoms with E-state index in [0.717, 1.165) is 4.90 Å². The molecule has 1 saturated heterocycles. The summed E-state index contributed by atoms with van der Waals surface area (Å²) >= 11 is 0. The van der Waals surface area contributed by atoms with E-state index >= 15 is 0 Å². The number of likely N-dealkylation sites (tertiary alicyclic amines) is 1. The molecule has 0 aromatic carbocycles. The van der Waals surface area contributed by atoms with Crippen LogP contribution in [0.2, 0.25) is 0 Å². The van der Waals surface area contributed by atoms with Gasteiger partial charge in [0, 0.05) is 6.54 Å². The van der Waals surface area contributed by atoms with Crippen molar-refractivity contribution in [3.63, 3.8) is 0 Å². The van der Waals surface area contributed by atoms with E-state index in [1.807, 2.05) is 0 Å². The number of nitrogens with one attached hydrogen (secondary N) is 2. The van der Waals surface area contributed by atoms with Crippen LogP contribution in [0.1, 0.15) is 19.8 Å². The summed E-state index contributed by atoms with van der Waals surface area (Å²) < 4.78 is 0. The van der Waals surface area contributed by atoms with Crippen molar-refractivity contribution >= 4 is 23.7 Å². The van der Waals surface area contributed by atoms with Gasteiger partial charge in [0.1, 0.15) is 12.1 Å². The topological polar surface area (TPSA) is 162 Å². The Kier molecular flexibility index (Phi) is 6.91. The molecule has 10 heteroatoms. The van der Waals surface area contributed by atoms with Crippen molar-refractivity contribution in [1.82, 2.24) is 15.5 Å². The van der Waals surface area contributed by atoms with Crippen molar-refractivity contribution in [3.05, 3.63) is 0 Å². The number of carbonyl (C=O) groups excluding carboxylic acids is 3. The monoisotopic (exact) mass is 330 g/mol. The molecule has 0 spiro atoms. The standard InChI is InChI=1S/C13H22N4O6/c1-7(18)11(16-10(20)6-15-9(19)5-14)12(21)17-4-2-3-8(17)13(22)23/h7-8,11,18H,2-6,14H2,1H3,(H,15,19)(H,16,20)(H,22,23). The van der Waals surface area contributed by atoms with Gasteiger partial charge in [0.2, 0.25) is 17.7 Å². The number of hydrogen-bond donors (Lipinski definition) is 5. The van der Waals surface area contributed by atoms with E-state index in [2.05, 4.69) is 10.6 Å². The zero-order valence-corrected chi connectivity index (χ0v) is 12.8. The molecular formula is C13H22N4O6. The summed E-state index contributed by atoms with van der Waals surface area (Å²) in [7, 11) is 0. The lowest BCUT2D eigenvalue weighted by Crippen LogP contribution is -2.57. The third-order valence-corrected chi connectivity index (χ3v) is 3.52. The predicted molar refractivity (Wildman–Crippen MR) is 78.0 cm³/mol. The van der Waals surface area contributed by atoms with Gasteiger partial charge in [-0.05, 0) is 19.8 Å². The first-order valence-electron chi connectivity index (χ1n) is 7.25. The summed E-state index contributed by atoms with van der Waals surface area (Å²) in [6, 6.07) is -2.24. The molecule has 6 N–H and O–H groups in total. The van der Waals surface area contributed by atoms with Gasteiger partial charge in [0.15, 0.2) is 0 Å². The number of nitrogens with two attached hydrogens (primary N) is 1. The normalized spacial score (nSPS) is 19.8. The minimum Gasteiger partial charge on any atom is -0.480 e. The molecule has 0 saturated carbocycles. The number of carboxylic acid groups (broad SMARTS) is 1. The van der Waals surface area contributed by atoms with E-state index < -0.39 is 48.4 Å². The van der Waals surface area contributed by atoms with Gasteiger partial charge >= 0.3 is 5.97 Å². The van der Waals surface area contributed by atoms with Gasteiger partial charge in [0.25, 0.3) is 0 Å². The summed E-state index contributed by atoms with van der Waals surface area (Å²) in [6.45, 7) is 0.890. The maximum Gasteiger partial charge on any atom is 0.326 e. The molecule has 1 heterocycles. The summed E-state index contributed by atoms with van der Waals surface area (Å²) in [4.78, 5) is 47.4. The largest absolute Gasteiger partial charge is 0.480 e. The van der Waals surface area contributed by atoms with Crippen LogP contribution in [0.15, 0.2) is 0 Å². The van der Waals surface area contributed by atoms with Crippen LogP contribution in [-0.4, -0.2) is 76.6 Å². The maximum absolute atomic E-state index is 12.4. The molecule has 10 nitrogen and oxygen atoms in total. The number of nitrogens with zero attached hydrogens (tertiary/aromatic N) is 1. The minimum atomic E-state index is -1.28. The average Bonchev–Trinajstić information content (AvgIpc) is 2.98. The Labute approximate surface area is 133 Å². The van der Waals surface area contributed by atoms with E-state index in [1.165, 1.54) is 6.92 Å². The Balaban J connectivity index is 2.70. The second-order valence-corrected chi connectivity index (χ2v) is 5.29. The van der Waals surface area contributed by atoms with E-state index in [4.69, 9.17) is 10.8 Å². The highest BCUT2D eigenvalue weighted by Crippen LogP contribution is 2.19. The van der Waals surface area contributed by atoms with Crippen molar-refractivity contribution in [2.24, 2.45) is 5.73 Å². The number of rotatable bonds is 7. The quantitative estimate of drug-likeness (QED) is 0.332. The van der Waals surface area contributed by atoms with Crippen LogP contribution in [0, 0.1) is 0 Å². The first kappa shape index (κ1) is 18.8. The molecule has 0 aromatic heterocycles. The smallest absolute Gasteiger partial charge is 0.326 e. The Morgan fingerprint density at radius 3 is 2.48 bits per heavy atom. The first-order chi connectivity index (χ1) is 10.8. The number of aliphatic hydroxyl groups excluding tert-OH is 1. The SMILES string of the molecule is CC(O)C(NC(=O)CNC(=O)CN)C(=O)N1CCCC1C(=O)O. The van der Waals surface area contributed by atoms with Crippen LogP contribution in [0.3, 0.4) is 0 Å². The van der Waals surface area contributed by atoms with Crippen LogP contribution >= 0.6 is 0 Å². The highest BCUT2D eigenvalue weighted by molar-refractivity contribution is 5.92. The fourth-order valence-electron chi connectivity index (χ4n) is 2.33. The number of aliphatic carboxylic acids is 1. The summed E-state index contributed by atoms with van der Waals surface area (Å²) in [6.07, 6.45) is -0.351. The molecule has 1 rings (SSSR count). The number of amides is 3. The summed E-state index contributed by atoms with van der Waals surface area (Å²) in [5.74, 6) is -3.01. The second kappa shape index (κ2) is 8.44. The Morgan fingerprint density at radius 1 is 1.30 bits per heavy atom. The Morgan fingerprint density at radius 2 is 1.96 bits per heavy atom. The summed E-state index contributed by atoms with van der Waals surface area (Å²) in [5.41, 5.74) is 5.08. The number of carbonyl (C=O) groups is 4. The molecule has 0 bridgehead atoms. The predicted octanol–water partition coefficient (Wildman–Crippen LogP) is -3.00. The third-order valence-electron chi connectivity index (χ3n) is 3.52. The molecular weight excluding hydrogens is 308 g/mol. The van der Waals surface area contributed by atoms with E-state index in [9.17, 15) is 24.3 Å². The minimum absolute atomic E-state index is 0.249. The number of aliphatic hydroxyl groups is 1. The zero-order valence-electron chi connectivity index (χ0n) is 12.8. The lowest BCUT2D eigenvalue weighted by atomic mass is 10.1. The average molecular weight is 330 g/mol. The van der Waals surface area contributed by atoms with E-state index in [1.54, 1.807) is 0 Å². The van der Waals surface area contributed by atoms with Gasteiger partial charge in [-0.2, -0.15) is 0 Å². The van der Waals surface area contributed by atoms with Crippen molar-refractivity contribution in [2.45, 2.75) is 38.0 Å². The van der Waals surface area contributed by atoms with Gasteiger partial charge in [0.05, 0.1) is 19.2 Å². The van der Waals surface area contributed by atoms with Crippen LogP contribution in [0.5, 0.6) is 0 Å². The lowest BCUT2D eigenvalue weighted by Gasteiger charge is -2.28. The zero-order chi connectivity index (χ0) is 17.6. The number of carboxylic acids is 1. The molecule has 1 fully saturated rings. The van der Waals surface area contributed by atoms with Crippen molar-refractivity contribution in [3.8, 4) is 0 Å². The van der Waals surface area contributed by atoms with Crippen molar-refractivity contribution < 1.29 is 29.4 Å². The third kappa shape index (κ3) is 5.18. The molecule has 3 atom stereocenters. The molecule has 0 aliphatic carbocycles. The molecule has 1 aliphatic heterocycles. The fraction of sp³-hybridized carbons (Fsp3) is 0.692. The van der Waals surface area contributed by atoms with Gasteiger partial charge in [-0.3, -0.25) is 14.4 Å². The van der Waals surface area contributed by atoms with Crippen molar-refractivity contribution in [1.29, 1.82) is 0 Å². The van der Waals surface area contributed by atoms with Crippen LogP contribution < -0.4 is 16.4 Å². The lowest BCUT2D eigenvalue weighted by molar-refractivity contribution is -0.150. The van der Waals surface area contributed by atoms with Gasteiger partial charge < -0.3 is 31.5 Å². The fourth-order valence-corrected chi connectivity index (χ4v) is 2.33.